The number of likely N-dealkylation sites (tertiary alicyclic amines) is 2. The van der Waals surface area contributed by atoms with Gasteiger partial charge in [-0.25, -0.2) is 0 Å². The van der Waals surface area contributed by atoms with E-state index in [4.69, 9.17) is 9.15 Å². The van der Waals surface area contributed by atoms with Crippen LogP contribution in [0, 0.1) is 5.92 Å². The number of furan rings is 1. The number of benzene rings is 1. The Balaban J connectivity index is 1.61. The smallest absolute Gasteiger partial charge is 0.289 e. The first kappa shape index (κ1) is 15.7. The molecule has 2 fully saturated rings. The van der Waals surface area contributed by atoms with Crippen molar-refractivity contribution in [3.8, 4) is 0 Å². The molecule has 4 rings (SSSR count). The summed E-state index contributed by atoms with van der Waals surface area (Å²) in [6.45, 7) is 5.84. The van der Waals surface area contributed by atoms with Crippen LogP contribution in [0.1, 0.15) is 23.9 Å². The highest BCUT2D eigenvalue weighted by atomic mass is 16.5. The molecule has 0 unspecified atom stereocenters. The van der Waals surface area contributed by atoms with Gasteiger partial charge in [-0.15, -0.1) is 0 Å². The molecule has 2 aromatic rings. The Kier molecular flexibility index (Phi) is 4.06. The van der Waals surface area contributed by atoms with Crippen molar-refractivity contribution >= 4 is 16.9 Å². The van der Waals surface area contributed by atoms with Gasteiger partial charge in [-0.2, -0.15) is 0 Å². The standard InChI is InChI=1S/C19H24N2O3/c1-3-20-11-14-15(12-20)21(9-8-17(14)23-2)19(22)18-10-13-6-4-5-7-16(13)24-18/h4-7,10,14-15,17H,3,8-9,11-12H2,1-2H3/t14-,15+,17-/m0/s1. The van der Waals surface area contributed by atoms with Gasteiger partial charge in [0, 0.05) is 38.0 Å². The Bertz CT molecular complexity index is 708. The van der Waals surface area contributed by atoms with E-state index in [1.807, 2.05) is 35.2 Å². The van der Waals surface area contributed by atoms with E-state index in [0.717, 1.165) is 43.6 Å². The molecule has 0 bridgehead atoms. The van der Waals surface area contributed by atoms with Crippen LogP contribution in [0.3, 0.4) is 0 Å². The predicted molar refractivity (Wildman–Crippen MR) is 92.1 cm³/mol. The Morgan fingerprint density at radius 1 is 1.33 bits per heavy atom. The highest BCUT2D eigenvalue weighted by Crippen LogP contribution is 2.33. The van der Waals surface area contributed by atoms with E-state index < -0.39 is 0 Å². The molecule has 0 saturated carbocycles. The number of piperidine rings is 1. The monoisotopic (exact) mass is 328 g/mol. The number of rotatable bonds is 3. The quantitative estimate of drug-likeness (QED) is 0.869. The Labute approximate surface area is 142 Å². The molecular weight excluding hydrogens is 304 g/mol. The number of carbonyl (C=O) groups excluding carboxylic acids is 1. The number of para-hydroxylation sites is 1. The second-order valence-electron chi connectivity index (χ2n) is 6.79. The summed E-state index contributed by atoms with van der Waals surface area (Å²) < 4.78 is 11.5. The van der Waals surface area contributed by atoms with Crippen molar-refractivity contribution in [2.45, 2.75) is 25.5 Å². The molecule has 2 aliphatic heterocycles. The normalized spacial score (nSPS) is 27.6. The highest BCUT2D eigenvalue weighted by molar-refractivity contribution is 5.96. The van der Waals surface area contributed by atoms with Crippen molar-refractivity contribution in [2.24, 2.45) is 5.92 Å². The molecule has 24 heavy (non-hydrogen) atoms. The van der Waals surface area contributed by atoms with Gasteiger partial charge in [-0.3, -0.25) is 4.79 Å². The molecule has 5 heteroatoms. The molecule has 1 aromatic carbocycles. The van der Waals surface area contributed by atoms with Gasteiger partial charge in [-0.1, -0.05) is 25.1 Å². The van der Waals surface area contributed by atoms with Crippen molar-refractivity contribution in [1.82, 2.24) is 9.80 Å². The van der Waals surface area contributed by atoms with Crippen LogP contribution in [0.25, 0.3) is 11.0 Å². The number of ether oxygens (including phenoxy) is 1. The maximum Gasteiger partial charge on any atom is 0.289 e. The zero-order valence-electron chi connectivity index (χ0n) is 14.3. The molecule has 5 nitrogen and oxygen atoms in total. The Morgan fingerprint density at radius 2 is 2.17 bits per heavy atom. The van der Waals surface area contributed by atoms with E-state index in [0.29, 0.717) is 11.7 Å². The molecule has 0 spiro atoms. The molecule has 2 aliphatic rings. The number of amides is 1. The lowest BCUT2D eigenvalue weighted by Gasteiger charge is -2.40. The summed E-state index contributed by atoms with van der Waals surface area (Å²) in [6.07, 6.45) is 1.13. The third-order valence-corrected chi connectivity index (χ3v) is 5.59. The molecule has 3 atom stereocenters. The first-order valence-corrected chi connectivity index (χ1v) is 8.76. The molecule has 2 saturated heterocycles. The summed E-state index contributed by atoms with van der Waals surface area (Å²) in [5, 5.41) is 0.978. The molecule has 1 amide bonds. The van der Waals surface area contributed by atoms with E-state index in [9.17, 15) is 4.79 Å². The van der Waals surface area contributed by atoms with Crippen LogP contribution in [0.5, 0.6) is 0 Å². The maximum absolute atomic E-state index is 13.1. The van der Waals surface area contributed by atoms with E-state index in [1.165, 1.54) is 0 Å². The van der Waals surface area contributed by atoms with Crippen molar-refractivity contribution in [3.05, 3.63) is 36.1 Å². The SMILES string of the molecule is CCN1C[C@@H]2[C@@H](OC)CCN(C(=O)c3cc4ccccc4o3)[C@@H]2C1. The summed E-state index contributed by atoms with van der Waals surface area (Å²) in [4.78, 5) is 17.5. The zero-order chi connectivity index (χ0) is 16.7. The lowest BCUT2D eigenvalue weighted by Crippen LogP contribution is -2.53. The minimum Gasteiger partial charge on any atom is -0.451 e. The highest BCUT2D eigenvalue weighted by Gasteiger charge is 2.46. The van der Waals surface area contributed by atoms with Crippen LogP contribution in [0.15, 0.2) is 34.7 Å². The summed E-state index contributed by atoms with van der Waals surface area (Å²) in [5.74, 6) is 0.839. The summed E-state index contributed by atoms with van der Waals surface area (Å²) >= 11 is 0. The Hall–Kier alpha value is -1.85. The number of nitrogens with zero attached hydrogens (tertiary/aromatic N) is 2. The van der Waals surface area contributed by atoms with Gasteiger partial charge in [0.05, 0.1) is 12.1 Å². The molecule has 1 aromatic heterocycles. The summed E-state index contributed by atoms with van der Waals surface area (Å²) in [6, 6.07) is 9.84. The van der Waals surface area contributed by atoms with Crippen molar-refractivity contribution in [2.75, 3.05) is 33.3 Å². The van der Waals surface area contributed by atoms with Crippen LogP contribution in [-0.2, 0) is 4.74 Å². The van der Waals surface area contributed by atoms with Gasteiger partial charge in [0.2, 0.25) is 0 Å². The number of methoxy groups -OCH3 is 1. The predicted octanol–water partition coefficient (Wildman–Crippen LogP) is 2.61. The second kappa shape index (κ2) is 6.22. The first-order chi connectivity index (χ1) is 11.7. The molecule has 0 radical (unpaired) electrons. The van der Waals surface area contributed by atoms with Crippen molar-refractivity contribution in [1.29, 1.82) is 0 Å². The Morgan fingerprint density at radius 3 is 2.92 bits per heavy atom. The van der Waals surface area contributed by atoms with E-state index in [2.05, 4.69) is 11.8 Å². The summed E-state index contributed by atoms with van der Waals surface area (Å²) in [7, 11) is 1.78. The van der Waals surface area contributed by atoms with Crippen LogP contribution in [-0.4, -0.2) is 61.1 Å². The first-order valence-electron chi connectivity index (χ1n) is 8.76. The molecule has 0 N–H and O–H groups in total. The van der Waals surface area contributed by atoms with Crippen LogP contribution < -0.4 is 0 Å². The fourth-order valence-electron chi connectivity index (χ4n) is 4.27. The lowest BCUT2D eigenvalue weighted by atomic mass is 9.89. The third-order valence-electron chi connectivity index (χ3n) is 5.59. The average molecular weight is 328 g/mol. The maximum atomic E-state index is 13.1. The fraction of sp³-hybridized carbons (Fsp3) is 0.526. The van der Waals surface area contributed by atoms with Gasteiger partial charge in [0.1, 0.15) is 5.58 Å². The number of hydrogen-bond acceptors (Lipinski definition) is 4. The fourth-order valence-corrected chi connectivity index (χ4v) is 4.27. The van der Waals surface area contributed by atoms with E-state index in [-0.39, 0.29) is 18.1 Å². The zero-order valence-corrected chi connectivity index (χ0v) is 14.3. The van der Waals surface area contributed by atoms with Crippen LogP contribution in [0.2, 0.25) is 0 Å². The minimum absolute atomic E-state index is 0.00806. The summed E-state index contributed by atoms with van der Waals surface area (Å²) in [5.41, 5.74) is 0.769. The van der Waals surface area contributed by atoms with Gasteiger partial charge in [-0.05, 0) is 25.1 Å². The van der Waals surface area contributed by atoms with Gasteiger partial charge in [0.25, 0.3) is 5.91 Å². The molecule has 128 valence electrons. The third kappa shape index (κ3) is 2.52. The number of likely N-dealkylation sites (N-methyl/N-ethyl adjacent to an activating group) is 1. The largest absolute Gasteiger partial charge is 0.451 e. The number of fused-ring (bicyclic) bond motifs is 2. The van der Waals surface area contributed by atoms with Crippen LogP contribution in [0.4, 0.5) is 0 Å². The van der Waals surface area contributed by atoms with Gasteiger partial charge >= 0.3 is 0 Å². The number of hydrogen-bond donors (Lipinski definition) is 0. The number of carbonyl (C=O) groups is 1. The molecular formula is C19H24N2O3. The van der Waals surface area contributed by atoms with Crippen molar-refractivity contribution in [3.63, 3.8) is 0 Å². The van der Waals surface area contributed by atoms with E-state index in [1.54, 1.807) is 7.11 Å². The van der Waals surface area contributed by atoms with E-state index >= 15 is 0 Å². The minimum atomic E-state index is 0.00806. The molecule has 0 aliphatic carbocycles. The van der Waals surface area contributed by atoms with Gasteiger partial charge < -0.3 is 19.0 Å². The average Bonchev–Trinajstić information content (AvgIpc) is 3.24. The van der Waals surface area contributed by atoms with Gasteiger partial charge in [0.15, 0.2) is 5.76 Å². The molecule has 3 heterocycles. The second-order valence-corrected chi connectivity index (χ2v) is 6.79. The lowest BCUT2D eigenvalue weighted by molar-refractivity contribution is -0.0165. The topological polar surface area (TPSA) is 45.9 Å². The van der Waals surface area contributed by atoms with Crippen LogP contribution >= 0.6 is 0 Å². The van der Waals surface area contributed by atoms with Crippen molar-refractivity contribution < 1.29 is 13.9 Å².